The third-order valence-corrected chi connectivity index (χ3v) is 5.40. The molecule has 0 saturated carbocycles. The normalized spacial score (nSPS) is 11.3. The van der Waals surface area contributed by atoms with Crippen LogP contribution in [0.25, 0.3) is 10.2 Å². The number of hydrogen-bond acceptors (Lipinski definition) is 4. The van der Waals surface area contributed by atoms with E-state index >= 15 is 0 Å². The predicted molar refractivity (Wildman–Crippen MR) is 81.4 cm³/mol. The quantitative estimate of drug-likeness (QED) is 0.740. The Morgan fingerprint density at radius 1 is 1.32 bits per heavy atom. The van der Waals surface area contributed by atoms with Crippen LogP contribution >= 0.6 is 22.7 Å². The van der Waals surface area contributed by atoms with Crippen LogP contribution in [0.2, 0.25) is 0 Å². The van der Waals surface area contributed by atoms with Gasteiger partial charge in [0.05, 0.1) is 18.4 Å². The van der Waals surface area contributed by atoms with Gasteiger partial charge in [-0.2, -0.15) is 0 Å². The molecule has 3 heterocycles. The number of aryl methyl sites for hydroxylation is 2. The SMILES string of the molecule is CCc1ccc(Cn2cnc3c(C)csc3c2=O)s1. The van der Waals surface area contributed by atoms with Crippen molar-refractivity contribution < 1.29 is 0 Å². The average Bonchev–Trinajstić information content (AvgIpc) is 3.00. The Hall–Kier alpha value is -1.46. The number of hydrogen-bond donors (Lipinski definition) is 0. The van der Waals surface area contributed by atoms with E-state index in [4.69, 9.17) is 0 Å². The summed E-state index contributed by atoms with van der Waals surface area (Å²) in [4.78, 5) is 19.3. The summed E-state index contributed by atoms with van der Waals surface area (Å²) in [5.74, 6) is 0. The summed E-state index contributed by atoms with van der Waals surface area (Å²) < 4.78 is 2.45. The molecular formula is C14H14N2OS2. The lowest BCUT2D eigenvalue weighted by atomic mass is 10.3. The number of nitrogens with zero attached hydrogens (tertiary/aromatic N) is 2. The summed E-state index contributed by atoms with van der Waals surface area (Å²) in [6.45, 7) is 4.75. The predicted octanol–water partition coefficient (Wildman–Crippen LogP) is 3.44. The standard InChI is InChI=1S/C14H14N2OS2/c1-3-10-4-5-11(19-10)6-16-8-15-12-9(2)7-18-13(12)14(16)17/h4-5,7-8H,3,6H2,1-2H3. The van der Waals surface area contributed by atoms with Crippen molar-refractivity contribution in [3.05, 3.63) is 49.5 Å². The van der Waals surface area contributed by atoms with Crippen molar-refractivity contribution in [1.29, 1.82) is 0 Å². The Morgan fingerprint density at radius 3 is 2.84 bits per heavy atom. The summed E-state index contributed by atoms with van der Waals surface area (Å²) >= 11 is 3.25. The number of thiophene rings is 2. The van der Waals surface area contributed by atoms with Crippen molar-refractivity contribution in [2.24, 2.45) is 0 Å². The maximum atomic E-state index is 12.4. The highest BCUT2D eigenvalue weighted by Gasteiger charge is 2.09. The van der Waals surface area contributed by atoms with E-state index in [-0.39, 0.29) is 5.56 Å². The molecule has 0 aromatic carbocycles. The van der Waals surface area contributed by atoms with Crippen molar-refractivity contribution in [2.45, 2.75) is 26.8 Å². The summed E-state index contributed by atoms with van der Waals surface area (Å²) in [5, 5.41) is 1.99. The molecule has 0 amide bonds. The fraction of sp³-hybridized carbons (Fsp3) is 0.286. The van der Waals surface area contributed by atoms with E-state index in [1.807, 2.05) is 12.3 Å². The van der Waals surface area contributed by atoms with Gasteiger partial charge in [0.15, 0.2) is 0 Å². The molecule has 3 aromatic rings. The Kier molecular flexibility index (Phi) is 3.24. The van der Waals surface area contributed by atoms with Crippen molar-refractivity contribution >= 4 is 32.9 Å². The van der Waals surface area contributed by atoms with Gasteiger partial charge in [0.25, 0.3) is 5.56 Å². The number of fused-ring (bicyclic) bond motifs is 1. The summed E-state index contributed by atoms with van der Waals surface area (Å²) in [5.41, 5.74) is 1.98. The van der Waals surface area contributed by atoms with Gasteiger partial charge in [-0.25, -0.2) is 4.98 Å². The second-order valence-corrected chi connectivity index (χ2v) is 6.63. The maximum Gasteiger partial charge on any atom is 0.271 e. The van der Waals surface area contributed by atoms with E-state index in [0.717, 1.165) is 22.2 Å². The zero-order chi connectivity index (χ0) is 13.4. The molecule has 0 radical (unpaired) electrons. The second kappa shape index (κ2) is 4.90. The fourth-order valence-electron chi connectivity index (χ4n) is 2.04. The van der Waals surface area contributed by atoms with Gasteiger partial charge in [0.1, 0.15) is 4.70 Å². The highest BCUT2D eigenvalue weighted by atomic mass is 32.1. The monoisotopic (exact) mass is 290 g/mol. The molecule has 0 aliphatic heterocycles. The summed E-state index contributed by atoms with van der Waals surface area (Å²) in [7, 11) is 0. The lowest BCUT2D eigenvalue weighted by Crippen LogP contribution is -2.19. The third kappa shape index (κ3) is 2.24. The van der Waals surface area contributed by atoms with E-state index in [1.54, 1.807) is 22.2 Å². The van der Waals surface area contributed by atoms with Gasteiger partial charge < -0.3 is 0 Å². The van der Waals surface area contributed by atoms with E-state index in [2.05, 4.69) is 24.0 Å². The molecular weight excluding hydrogens is 276 g/mol. The Balaban J connectivity index is 2.01. The Morgan fingerprint density at radius 2 is 2.11 bits per heavy atom. The third-order valence-electron chi connectivity index (χ3n) is 3.12. The van der Waals surface area contributed by atoms with Crippen LogP contribution in [0.15, 0.2) is 28.6 Å². The molecule has 5 heteroatoms. The first-order chi connectivity index (χ1) is 9.19. The fourth-order valence-corrected chi connectivity index (χ4v) is 3.94. The highest BCUT2D eigenvalue weighted by molar-refractivity contribution is 7.17. The topological polar surface area (TPSA) is 34.9 Å². The molecule has 3 nitrogen and oxygen atoms in total. The smallest absolute Gasteiger partial charge is 0.271 e. The Bertz CT molecular complexity index is 782. The van der Waals surface area contributed by atoms with Gasteiger partial charge in [-0.05, 0) is 36.4 Å². The summed E-state index contributed by atoms with van der Waals surface area (Å²) in [6, 6.07) is 4.23. The van der Waals surface area contributed by atoms with Gasteiger partial charge in [0, 0.05) is 9.75 Å². The molecule has 0 spiro atoms. The van der Waals surface area contributed by atoms with Crippen molar-refractivity contribution in [2.75, 3.05) is 0 Å². The lowest BCUT2D eigenvalue weighted by Gasteiger charge is -2.03. The van der Waals surface area contributed by atoms with Crippen LogP contribution in [0.3, 0.4) is 0 Å². The zero-order valence-corrected chi connectivity index (χ0v) is 12.5. The molecule has 0 saturated heterocycles. The van der Waals surface area contributed by atoms with Crippen LogP contribution in [0.4, 0.5) is 0 Å². The second-order valence-electron chi connectivity index (χ2n) is 4.50. The molecule has 0 aliphatic carbocycles. The van der Waals surface area contributed by atoms with E-state index < -0.39 is 0 Å². The van der Waals surface area contributed by atoms with Gasteiger partial charge in [-0.3, -0.25) is 9.36 Å². The molecule has 0 unspecified atom stereocenters. The van der Waals surface area contributed by atoms with Crippen LogP contribution in [-0.4, -0.2) is 9.55 Å². The average molecular weight is 290 g/mol. The molecule has 0 N–H and O–H groups in total. The minimum Gasteiger partial charge on any atom is -0.293 e. The van der Waals surface area contributed by atoms with Crippen molar-refractivity contribution in [3.63, 3.8) is 0 Å². The molecule has 3 aromatic heterocycles. The Labute approximate surface area is 119 Å². The maximum absolute atomic E-state index is 12.4. The number of aromatic nitrogens is 2. The van der Waals surface area contributed by atoms with Crippen LogP contribution in [0.1, 0.15) is 22.2 Å². The van der Waals surface area contributed by atoms with Crippen LogP contribution < -0.4 is 5.56 Å². The first-order valence-corrected chi connectivity index (χ1v) is 7.89. The van der Waals surface area contributed by atoms with Gasteiger partial charge in [-0.15, -0.1) is 22.7 Å². The molecule has 0 bridgehead atoms. The zero-order valence-electron chi connectivity index (χ0n) is 10.8. The molecule has 0 atom stereocenters. The molecule has 19 heavy (non-hydrogen) atoms. The largest absolute Gasteiger partial charge is 0.293 e. The molecule has 0 fully saturated rings. The van der Waals surface area contributed by atoms with Gasteiger partial charge >= 0.3 is 0 Å². The van der Waals surface area contributed by atoms with E-state index in [9.17, 15) is 4.79 Å². The first-order valence-electron chi connectivity index (χ1n) is 6.20. The highest BCUT2D eigenvalue weighted by Crippen LogP contribution is 2.21. The van der Waals surface area contributed by atoms with E-state index in [0.29, 0.717) is 6.54 Å². The molecule has 3 rings (SSSR count). The minimum atomic E-state index is 0.0644. The number of rotatable bonds is 3. The van der Waals surface area contributed by atoms with Crippen LogP contribution in [-0.2, 0) is 13.0 Å². The molecule has 0 aliphatic rings. The van der Waals surface area contributed by atoms with Crippen molar-refractivity contribution in [1.82, 2.24) is 9.55 Å². The van der Waals surface area contributed by atoms with Crippen LogP contribution in [0.5, 0.6) is 0 Å². The van der Waals surface area contributed by atoms with Crippen molar-refractivity contribution in [3.8, 4) is 0 Å². The van der Waals surface area contributed by atoms with E-state index in [1.165, 1.54) is 21.1 Å². The summed E-state index contributed by atoms with van der Waals surface area (Å²) in [6.07, 6.45) is 2.71. The van der Waals surface area contributed by atoms with Gasteiger partial charge in [-0.1, -0.05) is 6.92 Å². The molecule has 98 valence electrons. The van der Waals surface area contributed by atoms with Crippen LogP contribution in [0, 0.1) is 6.92 Å². The minimum absolute atomic E-state index is 0.0644. The first kappa shape index (κ1) is 12.6. The van der Waals surface area contributed by atoms with Gasteiger partial charge in [0.2, 0.25) is 0 Å². The lowest BCUT2D eigenvalue weighted by molar-refractivity contribution is 0.759.